The maximum Gasteiger partial charge on any atom is 0.374 e. The third kappa shape index (κ3) is 1.75. The van der Waals surface area contributed by atoms with Gasteiger partial charge in [0, 0.05) is 5.56 Å². The second-order valence-electron chi connectivity index (χ2n) is 3.07. The average molecular weight is 219 g/mol. The second kappa shape index (κ2) is 4.06. The molecule has 0 spiro atoms. The molecule has 1 aromatic heterocycles. The van der Waals surface area contributed by atoms with E-state index < -0.39 is 5.97 Å². The van der Waals surface area contributed by atoms with Gasteiger partial charge in [-0.2, -0.15) is 0 Å². The van der Waals surface area contributed by atoms with E-state index in [-0.39, 0.29) is 5.76 Å². The summed E-state index contributed by atoms with van der Waals surface area (Å²) in [6, 6.07) is 6.97. The van der Waals surface area contributed by atoms with Gasteiger partial charge >= 0.3 is 5.97 Å². The Hall–Kier alpha value is -2.30. The number of rotatable bonds is 3. The van der Waals surface area contributed by atoms with Crippen molar-refractivity contribution in [2.24, 2.45) is 0 Å². The molecule has 0 aliphatic rings. The molecule has 0 fully saturated rings. The van der Waals surface area contributed by atoms with Crippen LogP contribution >= 0.6 is 0 Å². The van der Waals surface area contributed by atoms with Gasteiger partial charge in [0.25, 0.3) is 0 Å². The average Bonchev–Trinajstić information content (AvgIpc) is 2.78. The van der Waals surface area contributed by atoms with Crippen LogP contribution < -0.4 is 4.74 Å². The number of methoxy groups -OCH3 is 1. The normalized spacial score (nSPS) is 10.1. The maximum absolute atomic E-state index is 10.8. The van der Waals surface area contributed by atoms with Gasteiger partial charge in [-0.3, -0.25) is 0 Å². The SMILES string of the molecule is COc1cccc(-c2ncoc2C(=O)O)c1. The van der Waals surface area contributed by atoms with Crippen molar-refractivity contribution in [1.29, 1.82) is 0 Å². The Kier molecular flexibility index (Phi) is 2.59. The highest BCUT2D eigenvalue weighted by atomic mass is 16.5. The van der Waals surface area contributed by atoms with E-state index in [1.165, 1.54) is 0 Å². The van der Waals surface area contributed by atoms with Crippen molar-refractivity contribution >= 4 is 5.97 Å². The van der Waals surface area contributed by atoms with Crippen LogP contribution in [0.25, 0.3) is 11.3 Å². The van der Waals surface area contributed by atoms with E-state index in [2.05, 4.69) is 4.98 Å². The van der Waals surface area contributed by atoms with Crippen LogP contribution in [0.2, 0.25) is 0 Å². The van der Waals surface area contributed by atoms with E-state index in [9.17, 15) is 4.79 Å². The summed E-state index contributed by atoms with van der Waals surface area (Å²) in [7, 11) is 1.54. The number of hydrogen-bond acceptors (Lipinski definition) is 4. The molecular formula is C11H9NO4. The Morgan fingerprint density at radius 1 is 1.50 bits per heavy atom. The molecule has 0 saturated carbocycles. The van der Waals surface area contributed by atoms with Gasteiger partial charge in [0.2, 0.25) is 5.76 Å². The minimum absolute atomic E-state index is 0.173. The molecule has 2 rings (SSSR count). The summed E-state index contributed by atoms with van der Waals surface area (Å²) in [5.74, 6) is -0.680. The van der Waals surface area contributed by atoms with Gasteiger partial charge in [0.05, 0.1) is 7.11 Å². The van der Waals surface area contributed by atoms with Crippen molar-refractivity contribution in [1.82, 2.24) is 4.98 Å². The molecule has 0 bridgehead atoms. The Morgan fingerprint density at radius 2 is 2.31 bits per heavy atom. The molecule has 0 amide bonds. The molecule has 1 N–H and O–H groups in total. The number of ether oxygens (including phenoxy) is 1. The third-order valence-corrected chi connectivity index (χ3v) is 2.10. The summed E-state index contributed by atoms with van der Waals surface area (Å²) in [5.41, 5.74) is 0.942. The number of carbonyl (C=O) groups is 1. The molecule has 1 heterocycles. The van der Waals surface area contributed by atoms with Gasteiger partial charge in [0.15, 0.2) is 6.39 Å². The molecule has 0 aliphatic heterocycles. The minimum atomic E-state index is -1.14. The lowest BCUT2D eigenvalue weighted by Gasteiger charge is -2.01. The molecule has 0 aliphatic carbocycles. The summed E-state index contributed by atoms with van der Waals surface area (Å²) < 4.78 is 9.85. The highest BCUT2D eigenvalue weighted by Gasteiger charge is 2.17. The monoisotopic (exact) mass is 219 g/mol. The predicted molar refractivity (Wildman–Crippen MR) is 55.5 cm³/mol. The molecule has 0 atom stereocenters. The van der Waals surface area contributed by atoms with E-state index in [0.29, 0.717) is 17.0 Å². The van der Waals surface area contributed by atoms with Gasteiger partial charge in [0.1, 0.15) is 11.4 Å². The summed E-state index contributed by atoms with van der Waals surface area (Å²) in [6.07, 6.45) is 1.11. The standard InChI is InChI=1S/C11H9NO4/c1-15-8-4-2-3-7(5-8)9-10(11(13)14)16-6-12-9/h2-6H,1H3,(H,13,14). The molecule has 82 valence electrons. The highest BCUT2D eigenvalue weighted by Crippen LogP contribution is 2.25. The third-order valence-electron chi connectivity index (χ3n) is 2.10. The number of carboxylic acids is 1. The van der Waals surface area contributed by atoms with E-state index in [1.807, 2.05) is 0 Å². The summed E-state index contributed by atoms with van der Waals surface area (Å²) >= 11 is 0. The lowest BCUT2D eigenvalue weighted by Crippen LogP contribution is -1.96. The Bertz CT molecular complexity index is 518. The highest BCUT2D eigenvalue weighted by molar-refractivity contribution is 5.91. The van der Waals surface area contributed by atoms with Gasteiger partial charge in [-0.05, 0) is 12.1 Å². The van der Waals surface area contributed by atoms with Crippen molar-refractivity contribution in [3.63, 3.8) is 0 Å². The molecule has 1 aromatic carbocycles. The zero-order valence-corrected chi connectivity index (χ0v) is 8.51. The molecule has 5 heteroatoms. The number of carboxylic acid groups (broad SMARTS) is 1. The maximum atomic E-state index is 10.8. The van der Waals surface area contributed by atoms with Gasteiger partial charge < -0.3 is 14.3 Å². The summed E-state index contributed by atoms with van der Waals surface area (Å²) in [5, 5.41) is 8.88. The lowest BCUT2D eigenvalue weighted by atomic mass is 10.1. The molecule has 16 heavy (non-hydrogen) atoms. The largest absolute Gasteiger partial charge is 0.497 e. The van der Waals surface area contributed by atoms with E-state index in [4.69, 9.17) is 14.3 Å². The van der Waals surface area contributed by atoms with Crippen molar-refractivity contribution in [2.45, 2.75) is 0 Å². The Balaban J connectivity index is 2.50. The zero-order chi connectivity index (χ0) is 11.5. The van der Waals surface area contributed by atoms with Crippen LogP contribution in [0.3, 0.4) is 0 Å². The van der Waals surface area contributed by atoms with Crippen LogP contribution in [0.1, 0.15) is 10.6 Å². The minimum Gasteiger partial charge on any atom is -0.497 e. The Morgan fingerprint density at radius 3 is 3.00 bits per heavy atom. The number of hydrogen-bond donors (Lipinski definition) is 1. The summed E-state index contributed by atoms with van der Waals surface area (Å²) in [4.78, 5) is 14.7. The van der Waals surface area contributed by atoms with Crippen LogP contribution in [0.15, 0.2) is 35.1 Å². The first kappa shape index (κ1) is 10.2. The van der Waals surface area contributed by atoms with Gasteiger partial charge in [-0.15, -0.1) is 0 Å². The van der Waals surface area contributed by atoms with Crippen molar-refractivity contribution in [3.05, 3.63) is 36.4 Å². The van der Waals surface area contributed by atoms with Crippen molar-refractivity contribution in [3.8, 4) is 17.0 Å². The Labute approximate surface area is 91.3 Å². The fraction of sp³-hybridized carbons (Fsp3) is 0.0909. The number of aromatic nitrogens is 1. The second-order valence-corrected chi connectivity index (χ2v) is 3.07. The first-order valence-corrected chi connectivity index (χ1v) is 4.53. The van der Waals surface area contributed by atoms with Crippen LogP contribution in [0.4, 0.5) is 0 Å². The molecule has 0 unspecified atom stereocenters. The fourth-order valence-electron chi connectivity index (χ4n) is 1.37. The smallest absolute Gasteiger partial charge is 0.374 e. The number of aromatic carboxylic acids is 1. The molecule has 0 radical (unpaired) electrons. The van der Waals surface area contributed by atoms with Crippen LogP contribution in [-0.4, -0.2) is 23.2 Å². The topological polar surface area (TPSA) is 72.6 Å². The zero-order valence-electron chi connectivity index (χ0n) is 8.51. The number of benzene rings is 1. The first-order valence-electron chi connectivity index (χ1n) is 4.53. The van der Waals surface area contributed by atoms with Crippen LogP contribution in [0, 0.1) is 0 Å². The molecule has 0 saturated heterocycles. The van der Waals surface area contributed by atoms with E-state index in [1.54, 1.807) is 31.4 Å². The van der Waals surface area contributed by atoms with E-state index in [0.717, 1.165) is 6.39 Å². The molecular weight excluding hydrogens is 210 g/mol. The van der Waals surface area contributed by atoms with Gasteiger partial charge in [-0.25, -0.2) is 9.78 Å². The quantitative estimate of drug-likeness (QED) is 0.855. The molecule has 2 aromatic rings. The van der Waals surface area contributed by atoms with Crippen LogP contribution in [0.5, 0.6) is 5.75 Å². The van der Waals surface area contributed by atoms with Crippen molar-refractivity contribution in [2.75, 3.05) is 7.11 Å². The first-order chi connectivity index (χ1) is 7.72. The number of oxazole rings is 1. The number of nitrogens with zero attached hydrogens (tertiary/aromatic N) is 1. The van der Waals surface area contributed by atoms with Crippen LogP contribution in [-0.2, 0) is 0 Å². The van der Waals surface area contributed by atoms with Gasteiger partial charge in [-0.1, -0.05) is 12.1 Å². The summed E-state index contributed by atoms with van der Waals surface area (Å²) in [6.45, 7) is 0. The fourth-order valence-corrected chi connectivity index (χ4v) is 1.37. The van der Waals surface area contributed by atoms with Crippen molar-refractivity contribution < 1.29 is 19.1 Å². The lowest BCUT2D eigenvalue weighted by molar-refractivity contribution is 0.0663. The predicted octanol–water partition coefficient (Wildman–Crippen LogP) is 2.05. The van der Waals surface area contributed by atoms with E-state index >= 15 is 0 Å². The molecule has 5 nitrogen and oxygen atoms in total.